The molecule has 0 radical (unpaired) electrons. The lowest BCUT2D eigenvalue weighted by Gasteiger charge is -2.28. The molecule has 2 rings (SSSR count). The first-order chi connectivity index (χ1) is 12.8. The number of hydrogen-bond donors (Lipinski definition) is 2. The number of aliphatic imine (C=N–C) groups is 1. The van der Waals surface area contributed by atoms with Gasteiger partial charge in [0.15, 0.2) is 5.96 Å². The van der Waals surface area contributed by atoms with Gasteiger partial charge in [-0.2, -0.15) is 0 Å². The highest BCUT2D eigenvalue weighted by atomic mass is 16.5. The number of nitrogens with zero attached hydrogens (tertiary/aromatic N) is 2. The van der Waals surface area contributed by atoms with E-state index in [2.05, 4.69) is 29.4 Å². The lowest BCUT2D eigenvalue weighted by atomic mass is 10.1. The maximum atomic E-state index is 5.71. The molecule has 0 amide bonds. The third-order valence-electron chi connectivity index (χ3n) is 5.01. The summed E-state index contributed by atoms with van der Waals surface area (Å²) in [6.45, 7) is 13.2. The Morgan fingerprint density at radius 2 is 2.08 bits per heavy atom. The predicted octanol–water partition coefficient (Wildman–Crippen LogP) is 2.25. The lowest BCUT2D eigenvalue weighted by molar-refractivity contribution is 0.0168. The first kappa shape index (κ1) is 21.5. The van der Waals surface area contributed by atoms with E-state index in [1.165, 1.54) is 45.3 Å². The van der Waals surface area contributed by atoms with Crippen molar-refractivity contribution >= 4 is 5.96 Å². The fourth-order valence-corrected chi connectivity index (χ4v) is 3.60. The van der Waals surface area contributed by atoms with E-state index in [0.29, 0.717) is 12.0 Å². The molecule has 26 heavy (non-hydrogen) atoms. The molecule has 6 nitrogen and oxygen atoms in total. The average Bonchev–Trinajstić information content (AvgIpc) is 3.16. The van der Waals surface area contributed by atoms with Crippen LogP contribution in [-0.2, 0) is 9.47 Å². The van der Waals surface area contributed by atoms with Gasteiger partial charge in [0, 0.05) is 39.4 Å². The van der Waals surface area contributed by atoms with E-state index in [-0.39, 0.29) is 0 Å². The van der Waals surface area contributed by atoms with Gasteiger partial charge in [-0.25, -0.2) is 0 Å². The van der Waals surface area contributed by atoms with Gasteiger partial charge in [-0.15, -0.1) is 0 Å². The van der Waals surface area contributed by atoms with Crippen LogP contribution in [0.15, 0.2) is 4.99 Å². The van der Waals surface area contributed by atoms with Crippen molar-refractivity contribution in [2.75, 3.05) is 59.1 Å². The zero-order chi connectivity index (χ0) is 18.5. The Bertz CT molecular complexity index is 380. The molecule has 0 saturated carbocycles. The monoisotopic (exact) mass is 368 g/mol. The minimum atomic E-state index is 0.322. The first-order valence-electron chi connectivity index (χ1n) is 10.7. The lowest BCUT2D eigenvalue weighted by Crippen LogP contribution is -2.39. The second-order valence-electron chi connectivity index (χ2n) is 7.68. The largest absolute Gasteiger partial charge is 0.379 e. The maximum absolute atomic E-state index is 5.71. The van der Waals surface area contributed by atoms with Crippen LogP contribution in [0.4, 0.5) is 0 Å². The second-order valence-corrected chi connectivity index (χ2v) is 7.68. The van der Waals surface area contributed by atoms with Crippen LogP contribution in [0.1, 0.15) is 52.4 Å². The quantitative estimate of drug-likeness (QED) is 0.333. The number of hydrogen-bond acceptors (Lipinski definition) is 4. The van der Waals surface area contributed by atoms with Crippen molar-refractivity contribution in [3.05, 3.63) is 0 Å². The van der Waals surface area contributed by atoms with Crippen molar-refractivity contribution in [2.45, 2.75) is 58.5 Å². The van der Waals surface area contributed by atoms with Gasteiger partial charge in [0.2, 0.25) is 0 Å². The van der Waals surface area contributed by atoms with Gasteiger partial charge in [-0.3, -0.25) is 4.99 Å². The summed E-state index contributed by atoms with van der Waals surface area (Å²) in [7, 11) is 0. The molecule has 6 heteroatoms. The van der Waals surface area contributed by atoms with E-state index in [9.17, 15) is 0 Å². The van der Waals surface area contributed by atoms with Gasteiger partial charge in [0.05, 0.1) is 12.7 Å². The van der Waals surface area contributed by atoms with E-state index < -0.39 is 0 Å². The number of likely N-dealkylation sites (tertiary alicyclic amines) is 1. The minimum absolute atomic E-state index is 0.322. The molecule has 2 aliphatic heterocycles. The molecule has 2 atom stereocenters. The molecule has 2 fully saturated rings. The zero-order valence-electron chi connectivity index (χ0n) is 17.0. The van der Waals surface area contributed by atoms with Gasteiger partial charge in [-0.05, 0) is 58.0 Å². The summed E-state index contributed by atoms with van der Waals surface area (Å²) >= 11 is 0. The van der Waals surface area contributed by atoms with Crippen molar-refractivity contribution in [3.8, 4) is 0 Å². The summed E-state index contributed by atoms with van der Waals surface area (Å²) < 4.78 is 11.3. The Morgan fingerprint density at radius 3 is 2.81 bits per heavy atom. The highest BCUT2D eigenvalue weighted by Gasteiger charge is 2.15. The highest BCUT2D eigenvalue weighted by molar-refractivity contribution is 5.79. The molecule has 0 aliphatic carbocycles. The first-order valence-corrected chi connectivity index (χ1v) is 10.7. The second kappa shape index (κ2) is 13.3. The van der Waals surface area contributed by atoms with Crippen LogP contribution in [0.5, 0.6) is 0 Å². The predicted molar refractivity (Wildman–Crippen MR) is 108 cm³/mol. The van der Waals surface area contributed by atoms with E-state index in [1.807, 2.05) is 0 Å². The third-order valence-corrected chi connectivity index (χ3v) is 5.01. The van der Waals surface area contributed by atoms with Crippen LogP contribution in [-0.4, -0.2) is 76.1 Å². The molecule has 2 heterocycles. The van der Waals surface area contributed by atoms with Crippen LogP contribution in [0.2, 0.25) is 0 Å². The minimum Gasteiger partial charge on any atom is -0.379 e. The molecule has 2 N–H and O–H groups in total. The normalized spacial score (nSPS) is 23.2. The van der Waals surface area contributed by atoms with Crippen molar-refractivity contribution in [3.63, 3.8) is 0 Å². The summed E-state index contributed by atoms with van der Waals surface area (Å²) in [5.41, 5.74) is 0. The van der Waals surface area contributed by atoms with E-state index in [0.717, 1.165) is 58.3 Å². The molecule has 0 aromatic rings. The number of rotatable bonds is 11. The number of nitrogens with one attached hydrogen (secondary N) is 2. The molecular weight excluding hydrogens is 328 g/mol. The highest BCUT2D eigenvalue weighted by Crippen LogP contribution is 2.12. The van der Waals surface area contributed by atoms with E-state index in [1.54, 1.807) is 0 Å². The summed E-state index contributed by atoms with van der Waals surface area (Å²) in [5.74, 6) is 1.52. The van der Waals surface area contributed by atoms with Crippen LogP contribution < -0.4 is 10.6 Å². The molecule has 0 bridgehead atoms. The standard InChI is InChI=1S/C20H40N4O2/c1-3-21-20(22-10-8-13-25-17-19-9-7-14-26-19)23-15-18(2)16-24-11-5-4-6-12-24/h18-19H,3-17H2,1-2H3,(H2,21,22,23). The molecule has 2 aliphatic rings. The van der Waals surface area contributed by atoms with Crippen LogP contribution in [0.3, 0.4) is 0 Å². The van der Waals surface area contributed by atoms with Gasteiger partial charge >= 0.3 is 0 Å². The smallest absolute Gasteiger partial charge is 0.191 e. The van der Waals surface area contributed by atoms with Crippen molar-refractivity contribution in [2.24, 2.45) is 10.9 Å². The van der Waals surface area contributed by atoms with Crippen LogP contribution in [0, 0.1) is 5.92 Å². The molecule has 0 aromatic carbocycles. The van der Waals surface area contributed by atoms with Crippen molar-refractivity contribution < 1.29 is 9.47 Å². The average molecular weight is 369 g/mol. The summed E-state index contributed by atoms with van der Waals surface area (Å²) in [6, 6.07) is 0. The fraction of sp³-hybridized carbons (Fsp3) is 0.950. The molecule has 152 valence electrons. The SMILES string of the molecule is CCNC(=NCC(C)CN1CCCCC1)NCCCOCC1CCCO1. The summed E-state index contributed by atoms with van der Waals surface area (Å²) in [6.07, 6.45) is 7.74. The van der Waals surface area contributed by atoms with E-state index >= 15 is 0 Å². The Kier molecular flexibility index (Phi) is 11.0. The van der Waals surface area contributed by atoms with Crippen molar-refractivity contribution in [1.29, 1.82) is 0 Å². The Hall–Kier alpha value is -0.850. The zero-order valence-corrected chi connectivity index (χ0v) is 17.0. The van der Waals surface area contributed by atoms with Gasteiger partial charge in [0.1, 0.15) is 0 Å². The Labute approximate surface area is 160 Å². The van der Waals surface area contributed by atoms with Crippen LogP contribution >= 0.6 is 0 Å². The fourth-order valence-electron chi connectivity index (χ4n) is 3.60. The molecule has 2 saturated heterocycles. The van der Waals surface area contributed by atoms with Gasteiger partial charge in [-0.1, -0.05) is 13.3 Å². The number of ether oxygens (including phenoxy) is 2. The number of guanidine groups is 1. The van der Waals surface area contributed by atoms with Gasteiger partial charge in [0.25, 0.3) is 0 Å². The van der Waals surface area contributed by atoms with Crippen LogP contribution in [0.25, 0.3) is 0 Å². The summed E-state index contributed by atoms with van der Waals surface area (Å²) in [4.78, 5) is 7.36. The Balaban J connectivity index is 1.55. The molecule has 2 unspecified atom stereocenters. The van der Waals surface area contributed by atoms with Crippen molar-refractivity contribution in [1.82, 2.24) is 15.5 Å². The van der Waals surface area contributed by atoms with Gasteiger partial charge < -0.3 is 25.0 Å². The maximum Gasteiger partial charge on any atom is 0.191 e. The molecule has 0 aromatic heterocycles. The molecule has 0 spiro atoms. The summed E-state index contributed by atoms with van der Waals surface area (Å²) in [5, 5.41) is 6.76. The molecular formula is C20H40N4O2. The third kappa shape index (κ3) is 9.19. The topological polar surface area (TPSA) is 58.1 Å². The number of piperidine rings is 1. The van der Waals surface area contributed by atoms with E-state index in [4.69, 9.17) is 14.5 Å². The Morgan fingerprint density at radius 1 is 1.23 bits per heavy atom.